The summed E-state index contributed by atoms with van der Waals surface area (Å²) < 4.78 is 28.3. The van der Waals surface area contributed by atoms with Crippen LogP contribution < -0.4 is 19.6 Å². The lowest BCUT2D eigenvalue weighted by atomic mass is 10.2. The van der Waals surface area contributed by atoms with Crippen LogP contribution in [-0.2, 0) is 9.53 Å². The smallest absolute Gasteiger partial charge is 0.260 e. The van der Waals surface area contributed by atoms with Crippen LogP contribution in [0.5, 0.6) is 23.0 Å². The van der Waals surface area contributed by atoms with Crippen molar-refractivity contribution in [3.63, 3.8) is 0 Å². The van der Waals surface area contributed by atoms with Gasteiger partial charge in [-0.15, -0.1) is 0 Å². The molecule has 1 amide bonds. The molecule has 33 heavy (non-hydrogen) atoms. The van der Waals surface area contributed by atoms with E-state index in [0.29, 0.717) is 47.9 Å². The van der Waals surface area contributed by atoms with Gasteiger partial charge in [-0.1, -0.05) is 12.1 Å². The second kappa shape index (κ2) is 9.95. The van der Waals surface area contributed by atoms with Crippen LogP contribution in [0.3, 0.4) is 0 Å². The summed E-state index contributed by atoms with van der Waals surface area (Å²) in [6.07, 6.45) is 1.24. The Balaban J connectivity index is 1.47. The second-order valence-corrected chi connectivity index (χ2v) is 7.91. The average molecular weight is 453 g/mol. The first kappa shape index (κ1) is 22.7. The fraction of sp³-hybridized carbons (Fsp3) is 0.360. The summed E-state index contributed by atoms with van der Waals surface area (Å²) in [6.45, 7) is 7.19. The maximum atomic E-state index is 12.9. The van der Waals surface area contributed by atoms with Gasteiger partial charge >= 0.3 is 0 Å². The standard InChI is InChI=1S/C25H27NO7/c1-4-29-20-7-5-6-8-21(20)33-23-14-31-22-11-18(9-10-19(22)25(23)28)30-15-24(27)26-12-16(2)32-17(3)13-26/h5-11,14,16-17H,4,12-13,15H2,1-3H3/t16-,17-/m0/s1. The molecule has 1 saturated heterocycles. The van der Waals surface area contributed by atoms with E-state index in [4.69, 9.17) is 23.4 Å². The highest BCUT2D eigenvalue weighted by molar-refractivity contribution is 5.80. The molecule has 1 aliphatic rings. The summed E-state index contributed by atoms with van der Waals surface area (Å²) in [6, 6.07) is 11.9. The van der Waals surface area contributed by atoms with Crippen LogP contribution in [0.1, 0.15) is 20.8 Å². The number of hydrogen-bond acceptors (Lipinski definition) is 7. The molecule has 0 unspecified atom stereocenters. The lowest BCUT2D eigenvalue weighted by molar-refractivity contribution is -0.145. The summed E-state index contributed by atoms with van der Waals surface area (Å²) in [5, 5.41) is 0.343. The van der Waals surface area contributed by atoms with Gasteiger partial charge in [-0.05, 0) is 45.0 Å². The van der Waals surface area contributed by atoms with Crippen molar-refractivity contribution in [2.45, 2.75) is 33.0 Å². The van der Waals surface area contributed by atoms with Crippen molar-refractivity contribution in [3.05, 3.63) is 59.0 Å². The van der Waals surface area contributed by atoms with Gasteiger partial charge in [-0.2, -0.15) is 0 Å². The van der Waals surface area contributed by atoms with Crippen molar-refractivity contribution in [2.24, 2.45) is 0 Å². The van der Waals surface area contributed by atoms with E-state index >= 15 is 0 Å². The molecule has 0 saturated carbocycles. The molecule has 4 rings (SSSR count). The molecule has 0 aliphatic carbocycles. The van der Waals surface area contributed by atoms with E-state index in [-0.39, 0.29) is 35.9 Å². The van der Waals surface area contributed by atoms with E-state index < -0.39 is 0 Å². The van der Waals surface area contributed by atoms with Crippen molar-refractivity contribution in [2.75, 3.05) is 26.3 Å². The zero-order chi connectivity index (χ0) is 23.4. The summed E-state index contributed by atoms with van der Waals surface area (Å²) in [4.78, 5) is 27.2. The quantitative estimate of drug-likeness (QED) is 0.534. The zero-order valence-electron chi connectivity index (χ0n) is 18.9. The van der Waals surface area contributed by atoms with E-state index in [1.807, 2.05) is 26.8 Å². The van der Waals surface area contributed by atoms with Gasteiger partial charge in [0, 0.05) is 19.2 Å². The topological polar surface area (TPSA) is 87.4 Å². The Kier molecular flexibility index (Phi) is 6.84. The normalized spacial score (nSPS) is 18.2. The minimum Gasteiger partial charge on any atom is -0.490 e. The maximum Gasteiger partial charge on any atom is 0.260 e. The Bertz CT molecular complexity index is 1180. The highest BCUT2D eigenvalue weighted by Gasteiger charge is 2.26. The third kappa shape index (κ3) is 5.28. The molecule has 2 heterocycles. The van der Waals surface area contributed by atoms with Crippen LogP contribution >= 0.6 is 0 Å². The minimum atomic E-state index is -0.318. The number of ether oxygens (including phenoxy) is 4. The van der Waals surface area contributed by atoms with Crippen LogP contribution in [-0.4, -0.2) is 49.3 Å². The third-order valence-corrected chi connectivity index (χ3v) is 5.22. The number of fused-ring (bicyclic) bond motifs is 1. The van der Waals surface area contributed by atoms with Gasteiger partial charge < -0.3 is 28.3 Å². The highest BCUT2D eigenvalue weighted by Crippen LogP contribution is 2.31. The molecule has 0 bridgehead atoms. The molecule has 1 aromatic heterocycles. The lowest BCUT2D eigenvalue weighted by Crippen LogP contribution is -2.49. The van der Waals surface area contributed by atoms with Gasteiger partial charge in [0.1, 0.15) is 17.6 Å². The molecule has 2 atom stereocenters. The molecular formula is C25H27NO7. The van der Waals surface area contributed by atoms with Gasteiger partial charge in [0.05, 0.1) is 24.2 Å². The van der Waals surface area contributed by atoms with Crippen LogP contribution in [0.25, 0.3) is 11.0 Å². The predicted molar refractivity (Wildman–Crippen MR) is 122 cm³/mol. The number of carbonyl (C=O) groups is 1. The Hall–Kier alpha value is -3.52. The SMILES string of the molecule is CCOc1ccccc1Oc1coc2cc(OCC(=O)N3C[C@H](C)O[C@@H](C)C3)ccc2c1=O. The fourth-order valence-electron chi connectivity index (χ4n) is 3.80. The Morgan fingerprint density at radius 3 is 2.48 bits per heavy atom. The molecule has 0 radical (unpaired) electrons. The molecule has 3 aromatic rings. The van der Waals surface area contributed by atoms with Crippen molar-refractivity contribution < 1.29 is 28.2 Å². The highest BCUT2D eigenvalue weighted by atomic mass is 16.5. The van der Waals surface area contributed by atoms with Crippen molar-refractivity contribution in [1.82, 2.24) is 4.90 Å². The summed E-state index contributed by atoms with van der Waals surface area (Å²) in [5.41, 5.74) is 0.0190. The minimum absolute atomic E-state index is 0.00967. The summed E-state index contributed by atoms with van der Waals surface area (Å²) >= 11 is 0. The fourth-order valence-corrected chi connectivity index (χ4v) is 3.80. The van der Waals surface area contributed by atoms with Crippen molar-refractivity contribution in [3.8, 4) is 23.0 Å². The molecule has 8 heteroatoms. The number of rotatable bonds is 7. The van der Waals surface area contributed by atoms with Gasteiger partial charge in [-0.25, -0.2) is 0 Å². The van der Waals surface area contributed by atoms with Crippen LogP contribution in [0.4, 0.5) is 0 Å². The monoisotopic (exact) mass is 453 g/mol. The molecule has 174 valence electrons. The Morgan fingerprint density at radius 1 is 1.03 bits per heavy atom. The molecule has 0 N–H and O–H groups in total. The van der Waals surface area contributed by atoms with Crippen LogP contribution in [0.15, 0.2) is 57.9 Å². The number of hydrogen-bond donors (Lipinski definition) is 0. The first-order valence-corrected chi connectivity index (χ1v) is 11.0. The number of nitrogens with zero attached hydrogens (tertiary/aromatic N) is 1. The summed E-state index contributed by atoms with van der Waals surface area (Å²) in [5.74, 6) is 1.33. The largest absolute Gasteiger partial charge is 0.490 e. The first-order chi connectivity index (χ1) is 15.9. The van der Waals surface area contributed by atoms with Gasteiger partial charge in [-0.3, -0.25) is 9.59 Å². The number of benzene rings is 2. The van der Waals surface area contributed by atoms with E-state index in [2.05, 4.69) is 0 Å². The van der Waals surface area contributed by atoms with Gasteiger partial charge in [0.25, 0.3) is 5.91 Å². The van der Waals surface area contributed by atoms with E-state index in [9.17, 15) is 9.59 Å². The Labute approximate surface area is 191 Å². The number of carbonyl (C=O) groups excluding carboxylic acids is 1. The summed E-state index contributed by atoms with van der Waals surface area (Å²) in [7, 11) is 0. The number of para-hydroxylation sites is 2. The Morgan fingerprint density at radius 2 is 1.76 bits per heavy atom. The predicted octanol–water partition coefficient (Wildman–Crippen LogP) is 4.00. The first-order valence-electron chi connectivity index (χ1n) is 11.0. The van der Waals surface area contributed by atoms with Gasteiger partial charge in [0.15, 0.2) is 18.1 Å². The van der Waals surface area contributed by atoms with E-state index in [1.54, 1.807) is 41.3 Å². The third-order valence-electron chi connectivity index (χ3n) is 5.22. The van der Waals surface area contributed by atoms with Crippen LogP contribution in [0, 0.1) is 0 Å². The van der Waals surface area contributed by atoms with Crippen molar-refractivity contribution >= 4 is 16.9 Å². The van der Waals surface area contributed by atoms with Gasteiger partial charge in [0.2, 0.25) is 11.2 Å². The molecule has 8 nitrogen and oxygen atoms in total. The molecule has 0 spiro atoms. The molecule has 2 aromatic carbocycles. The maximum absolute atomic E-state index is 12.9. The zero-order valence-corrected chi connectivity index (χ0v) is 18.9. The van der Waals surface area contributed by atoms with E-state index in [0.717, 1.165) is 0 Å². The lowest BCUT2D eigenvalue weighted by Gasteiger charge is -2.35. The molecular weight excluding hydrogens is 426 g/mol. The number of amides is 1. The molecule has 1 aliphatic heterocycles. The molecule has 1 fully saturated rings. The van der Waals surface area contributed by atoms with Crippen LogP contribution in [0.2, 0.25) is 0 Å². The van der Waals surface area contributed by atoms with Crippen molar-refractivity contribution in [1.29, 1.82) is 0 Å². The second-order valence-electron chi connectivity index (χ2n) is 7.91. The van der Waals surface area contributed by atoms with E-state index in [1.165, 1.54) is 6.26 Å². The average Bonchev–Trinajstić information content (AvgIpc) is 2.80. The number of morpholine rings is 1.